The number of aromatic amines is 1. The summed E-state index contributed by atoms with van der Waals surface area (Å²) in [7, 11) is 1.38. The zero-order valence-electron chi connectivity index (χ0n) is 9.95. The Balaban J connectivity index is 2.19. The first kappa shape index (κ1) is 12.1. The molecule has 2 heterocycles. The number of benzene rings is 1. The second-order valence-corrected chi connectivity index (χ2v) is 4.84. The summed E-state index contributed by atoms with van der Waals surface area (Å²) in [6.07, 6.45) is 1.49. The topological polar surface area (TPSA) is 50.8 Å². The number of hydrogen-bond acceptors (Lipinski definition) is 3. The number of fused-ring (bicyclic) bond motifs is 1. The molecule has 0 radical (unpaired) electrons. The molecule has 0 aliphatic carbocycles. The van der Waals surface area contributed by atoms with E-state index >= 15 is 0 Å². The lowest BCUT2D eigenvalue weighted by atomic mass is 10.2. The fraction of sp³-hybridized carbons (Fsp3) is 0.0769. The van der Waals surface area contributed by atoms with Gasteiger partial charge in [0.15, 0.2) is 5.82 Å². The molecule has 0 unspecified atom stereocenters. The number of aromatic nitrogens is 3. The third-order valence-electron chi connectivity index (χ3n) is 2.75. The van der Waals surface area contributed by atoms with Crippen molar-refractivity contribution in [3.63, 3.8) is 0 Å². The smallest absolute Gasteiger partial charge is 0.250 e. The Morgan fingerprint density at radius 1 is 1.32 bits per heavy atom. The summed E-state index contributed by atoms with van der Waals surface area (Å²) in [6.45, 7) is 0. The molecule has 0 fully saturated rings. The zero-order chi connectivity index (χ0) is 13.4. The van der Waals surface area contributed by atoms with Crippen molar-refractivity contribution in [3.8, 4) is 17.3 Å². The molecule has 1 aromatic carbocycles. The van der Waals surface area contributed by atoms with Gasteiger partial charge in [0.1, 0.15) is 5.82 Å². The third-order valence-corrected chi connectivity index (χ3v) is 3.24. The monoisotopic (exact) mass is 321 g/mol. The summed E-state index contributed by atoms with van der Waals surface area (Å²) in [4.78, 5) is 11.2. The van der Waals surface area contributed by atoms with Gasteiger partial charge in [0.2, 0.25) is 0 Å². The lowest BCUT2D eigenvalue weighted by Gasteiger charge is -2.03. The van der Waals surface area contributed by atoms with Gasteiger partial charge in [0.25, 0.3) is 5.88 Å². The summed E-state index contributed by atoms with van der Waals surface area (Å²) in [5, 5.41) is 0. The van der Waals surface area contributed by atoms with Gasteiger partial charge in [-0.25, -0.2) is 14.4 Å². The number of H-pyrrole nitrogens is 1. The number of halogens is 2. The number of imidazole rings is 1. The van der Waals surface area contributed by atoms with Crippen LogP contribution in [0.1, 0.15) is 0 Å². The molecule has 4 nitrogen and oxygen atoms in total. The van der Waals surface area contributed by atoms with Crippen LogP contribution in [0.4, 0.5) is 4.39 Å². The Hall–Kier alpha value is -1.95. The van der Waals surface area contributed by atoms with Crippen molar-refractivity contribution in [1.82, 2.24) is 15.0 Å². The van der Waals surface area contributed by atoms with E-state index in [0.717, 1.165) is 15.5 Å². The molecule has 0 bridgehead atoms. The van der Waals surface area contributed by atoms with Gasteiger partial charge in [0, 0.05) is 10.7 Å². The molecule has 3 aromatic rings. The molecular weight excluding hydrogens is 313 g/mol. The Labute approximate surface area is 116 Å². The fourth-order valence-corrected chi connectivity index (χ4v) is 2.22. The van der Waals surface area contributed by atoms with Crippen LogP contribution in [-0.2, 0) is 0 Å². The van der Waals surface area contributed by atoms with E-state index in [0.29, 0.717) is 11.4 Å². The van der Waals surface area contributed by atoms with Gasteiger partial charge in [-0.05, 0) is 24.3 Å². The Bertz CT molecular complexity index is 757. The van der Waals surface area contributed by atoms with E-state index in [9.17, 15) is 4.39 Å². The van der Waals surface area contributed by atoms with Crippen molar-refractivity contribution >= 4 is 27.0 Å². The van der Waals surface area contributed by atoms with E-state index < -0.39 is 5.82 Å². The van der Waals surface area contributed by atoms with E-state index in [1.54, 1.807) is 6.07 Å². The summed E-state index contributed by atoms with van der Waals surface area (Å²) < 4.78 is 19.9. The standard InChI is InChI=1S/C13H9BrFN3O/c1-19-13-11(15)8(4-5-16-13)12-17-9-3-2-7(14)6-10(9)18-12/h2-6H,1H3,(H,17,18). The molecule has 0 saturated carbocycles. The van der Waals surface area contributed by atoms with E-state index in [1.165, 1.54) is 13.3 Å². The minimum atomic E-state index is -0.525. The first-order valence-corrected chi connectivity index (χ1v) is 6.32. The number of hydrogen-bond donors (Lipinski definition) is 1. The van der Waals surface area contributed by atoms with Crippen LogP contribution < -0.4 is 4.74 Å². The molecule has 3 rings (SSSR count). The molecule has 0 aliphatic rings. The molecule has 0 saturated heterocycles. The number of rotatable bonds is 2. The summed E-state index contributed by atoms with van der Waals surface area (Å²) in [6, 6.07) is 7.19. The summed E-state index contributed by atoms with van der Waals surface area (Å²) in [5.41, 5.74) is 1.94. The third kappa shape index (κ3) is 2.08. The Morgan fingerprint density at radius 2 is 2.16 bits per heavy atom. The van der Waals surface area contributed by atoms with Crippen molar-refractivity contribution in [3.05, 3.63) is 40.8 Å². The molecule has 0 amide bonds. The van der Waals surface area contributed by atoms with E-state index in [2.05, 4.69) is 30.9 Å². The maximum Gasteiger partial charge on any atom is 0.250 e. The average Bonchev–Trinajstić information content (AvgIpc) is 2.81. The number of ether oxygens (including phenoxy) is 1. The molecule has 2 aromatic heterocycles. The van der Waals surface area contributed by atoms with Gasteiger partial charge in [-0.3, -0.25) is 0 Å². The van der Waals surface area contributed by atoms with Gasteiger partial charge < -0.3 is 9.72 Å². The molecule has 0 aliphatic heterocycles. The molecule has 1 N–H and O–H groups in total. The van der Waals surface area contributed by atoms with Gasteiger partial charge in [0.05, 0.1) is 23.7 Å². The molecular formula is C13H9BrFN3O. The van der Waals surface area contributed by atoms with Crippen LogP contribution in [0.25, 0.3) is 22.4 Å². The lowest BCUT2D eigenvalue weighted by molar-refractivity contribution is 0.370. The lowest BCUT2D eigenvalue weighted by Crippen LogP contribution is -1.95. The predicted octanol–water partition coefficient (Wildman–Crippen LogP) is 3.54. The van der Waals surface area contributed by atoms with Crippen LogP contribution in [0.2, 0.25) is 0 Å². The van der Waals surface area contributed by atoms with E-state index in [-0.39, 0.29) is 5.88 Å². The number of nitrogens with zero attached hydrogens (tertiary/aromatic N) is 2. The van der Waals surface area contributed by atoms with Crippen molar-refractivity contribution < 1.29 is 9.13 Å². The average molecular weight is 322 g/mol. The van der Waals surface area contributed by atoms with Gasteiger partial charge in [-0.15, -0.1) is 0 Å². The number of nitrogens with one attached hydrogen (secondary N) is 1. The van der Waals surface area contributed by atoms with Crippen LogP contribution in [-0.4, -0.2) is 22.1 Å². The van der Waals surface area contributed by atoms with Gasteiger partial charge in [-0.2, -0.15) is 0 Å². The van der Waals surface area contributed by atoms with Crippen molar-refractivity contribution in [2.24, 2.45) is 0 Å². The van der Waals surface area contributed by atoms with Crippen LogP contribution in [0.5, 0.6) is 5.88 Å². The minimum Gasteiger partial charge on any atom is -0.479 e. The number of pyridine rings is 1. The van der Waals surface area contributed by atoms with E-state index in [4.69, 9.17) is 4.74 Å². The first-order chi connectivity index (χ1) is 9.19. The first-order valence-electron chi connectivity index (χ1n) is 5.53. The van der Waals surface area contributed by atoms with Crippen LogP contribution in [0.15, 0.2) is 34.9 Å². The maximum absolute atomic E-state index is 14.1. The van der Waals surface area contributed by atoms with Crippen molar-refractivity contribution in [2.45, 2.75) is 0 Å². The molecule has 19 heavy (non-hydrogen) atoms. The van der Waals surface area contributed by atoms with Crippen LogP contribution in [0, 0.1) is 5.82 Å². The minimum absolute atomic E-state index is 0.0425. The normalized spacial score (nSPS) is 10.9. The Kier molecular flexibility index (Phi) is 2.94. The fourth-order valence-electron chi connectivity index (χ4n) is 1.86. The van der Waals surface area contributed by atoms with Crippen LogP contribution >= 0.6 is 15.9 Å². The second kappa shape index (κ2) is 4.62. The van der Waals surface area contributed by atoms with Crippen molar-refractivity contribution in [1.29, 1.82) is 0 Å². The molecule has 6 heteroatoms. The largest absolute Gasteiger partial charge is 0.479 e. The highest BCUT2D eigenvalue weighted by Crippen LogP contribution is 2.27. The predicted molar refractivity (Wildman–Crippen MR) is 73.5 cm³/mol. The van der Waals surface area contributed by atoms with Gasteiger partial charge >= 0.3 is 0 Å². The molecule has 0 atom stereocenters. The summed E-state index contributed by atoms with van der Waals surface area (Å²) in [5.74, 6) is -0.117. The Morgan fingerprint density at radius 3 is 2.95 bits per heavy atom. The maximum atomic E-state index is 14.1. The molecule has 0 spiro atoms. The second-order valence-electron chi connectivity index (χ2n) is 3.93. The van der Waals surface area contributed by atoms with Crippen LogP contribution in [0.3, 0.4) is 0 Å². The van der Waals surface area contributed by atoms with E-state index in [1.807, 2.05) is 18.2 Å². The highest BCUT2D eigenvalue weighted by Gasteiger charge is 2.14. The highest BCUT2D eigenvalue weighted by atomic mass is 79.9. The SMILES string of the molecule is COc1nccc(-c2nc3ccc(Br)cc3[nH]2)c1F. The number of methoxy groups -OCH3 is 1. The van der Waals surface area contributed by atoms with Gasteiger partial charge in [-0.1, -0.05) is 15.9 Å². The zero-order valence-corrected chi connectivity index (χ0v) is 11.5. The molecule has 96 valence electrons. The van der Waals surface area contributed by atoms with Crippen molar-refractivity contribution in [2.75, 3.05) is 7.11 Å². The summed E-state index contributed by atoms with van der Waals surface area (Å²) >= 11 is 3.38. The quantitative estimate of drug-likeness (QED) is 0.785. The highest BCUT2D eigenvalue weighted by molar-refractivity contribution is 9.10.